The molecule has 0 atom stereocenters. The van der Waals surface area contributed by atoms with E-state index in [9.17, 15) is 14.7 Å². The van der Waals surface area contributed by atoms with Gasteiger partial charge in [0, 0.05) is 31.6 Å². The molecule has 1 aliphatic rings. The Morgan fingerprint density at radius 2 is 1.56 bits per heavy atom. The Bertz CT molecular complexity index is 641. The molecule has 150 valence electrons. The molecule has 0 radical (unpaired) electrons. The SMILES string of the molecule is CCOc1cc(C(=O)NC2(C(=O)O)CCOCC2)cc(OCC)c1OCC. The molecule has 2 rings (SSSR count). The number of hydrogen-bond acceptors (Lipinski definition) is 6. The summed E-state index contributed by atoms with van der Waals surface area (Å²) in [6.07, 6.45) is 0.420. The van der Waals surface area contributed by atoms with Crippen LogP contribution in [0.4, 0.5) is 0 Å². The number of aliphatic carboxylic acids is 1. The van der Waals surface area contributed by atoms with Gasteiger partial charge in [0.05, 0.1) is 19.8 Å². The van der Waals surface area contributed by atoms with Crippen LogP contribution in [-0.4, -0.2) is 55.6 Å². The number of nitrogens with one attached hydrogen (secondary N) is 1. The van der Waals surface area contributed by atoms with E-state index in [4.69, 9.17) is 18.9 Å². The van der Waals surface area contributed by atoms with E-state index in [1.807, 2.05) is 20.8 Å². The summed E-state index contributed by atoms with van der Waals surface area (Å²) >= 11 is 0. The van der Waals surface area contributed by atoms with Gasteiger partial charge in [-0.05, 0) is 32.9 Å². The van der Waals surface area contributed by atoms with Crippen molar-refractivity contribution < 1.29 is 33.6 Å². The fourth-order valence-electron chi connectivity index (χ4n) is 2.92. The van der Waals surface area contributed by atoms with Crippen LogP contribution in [0.3, 0.4) is 0 Å². The van der Waals surface area contributed by atoms with Gasteiger partial charge in [-0.25, -0.2) is 4.79 Å². The first kappa shape index (κ1) is 20.8. The number of benzene rings is 1. The van der Waals surface area contributed by atoms with E-state index < -0.39 is 17.4 Å². The molecule has 8 nitrogen and oxygen atoms in total. The van der Waals surface area contributed by atoms with E-state index in [1.165, 1.54) is 0 Å². The molecule has 0 spiro atoms. The molecule has 0 bridgehead atoms. The van der Waals surface area contributed by atoms with Crippen LogP contribution >= 0.6 is 0 Å². The number of carbonyl (C=O) groups is 2. The molecule has 27 heavy (non-hydrogen) atoms. The second kappa shape index (κ2) is 9.45. The molecule has 1 fully saturated rings. The van der Waals surface area contributed by atoms with Gasteiger partial charge in [0.25, 0.3) is 5.91 Å². The van der Waals surface area contributed by atoms with Crippen LogP contribution in [0.1, 0.15) is 44.0 Å². The van der Waals surface area contributed by atoms with Crippen LogP contribution in [0.15, 0.2) is 12.1 Å². The quantitative estimate of drug-likeness (QED) is 0.676. The van der Waals surface area contributed by atoms with Crippen LogP contribution in [0.2, 0.25) is 0 Å². The Morgan fingerprint density at radius 3 is 2.00 bits per heavy atom. The number of hydrogen-bond donors (Lipinski definition) is 2. The van der Waals surface area contributed by atoms with Crippen LogP contribution in [0, 0.1) is 0 Å². The van der Waals surface area contributed by atoms with Gasteiger partial charge in [0.2, 0.25) is 5.75 Å². The Labute approximate surface area is 158 Å². The lowest BCUT2D eigenvalue weighted by Gasteiger charge is -2.34. The van der Waals surface area contributed by atoms with Crippen molar-refractivity contribution in [3.8, 4) is 17.2 Å². The lowest BCUT2D eigenvalue weighted by molar-refractivity contribution is -0.148. The first-order valence-corrected chi connectivity index (χ1v) is 9.17. The average molecular weight is 381 g/mol. The number of carboxylic acid groups (broad SMARTS) is 1. The zero-order valence-electron chi connectivity index (χ0n) is 16.0. The highest BCUT2D eigenvalue weighted by molar-refractivity contribution is 5.99. The van der Waals surface area contributed by atoms with E-state index in [0.29, 0.717) is 37.1 Å². The van der Waals surface area contributed by atoms with Gasteiger partial charge < -0.3 is 29.4 Å². The standard InChI is InChI=1S/C19H27NO7/c1-4-25-14-11-13(12-15(26-5-2)16(14)27-6-3)17(21)20-19(18(22)23)7-9-24-10-8-19/h11-12H,4-10H2,1-3H3,(H,20,21)(H,22,23). The van der Waals surface area contributed by atoms with Crippen molar-refractivity contribution in [1.82, 2.24) is 5.32 Å². The molecule has 2 N–H and O–H groups in total. The van der Waals surface area contributed by atoms with Gasteiger partial charge in [0.1, 0.15) is 5.54 Å². The highest BCUT2D eigenvalue weighted by Crippen LogP contribution is 2.39. The lowest BCUT2D eigenvalue weighted by atomic mass is 9.89. The summed E-state index contributed by atoms with van der Waals surface area (Å²) in [5, 5.41) is 12.3. The first-order chi connectivity index (χ1) is 13.0. The zero-order valence-corrected chi connectivity index (χ0v) is 16.0. The monoisotopic (exact) mass is 381 g/mol. The van der Waals surface area contributed by atoms with Gasteiger partial charge in [-0.2, -0.15) is 0 Å². The smallest absolute Gasteiger partial charge is 0.329 e. The lowest BCUT2D eigenvalue weighted by Crippen LogP contribution is -2.57. The second-order valence-electron chi connectivity index (χ2n) is 6.05. The largest absolute Gasteiger partial charge is 0.490 e. The molecule has 1 aliphatic heterocycles. The predicted molar refractivity (Wildman–Crippen MR) is 97.8 cm³/mol. The fourth-order valence-corrected chi connectivity index (χ4v) is 2.92. The Hall–Kier alpha value is -2.48. The Kier molecular flexibility index (Phi) is 7.29. The Morgan fingerprint density at radius 1 is 1.04 bits per heavy atom. The molecule has 8 heteroatoms. The Balaban J connectivity index is 2.37. The topological polar surface area (TPSA) is 103 Å². The minimum atomic E-state index is -1.34. The maximum absolute atomic E-state index is 12.8. The second-order valence-corrected chi connectivity index (χ2v) is 6.05. The molecule has 0 aliphatic carbocycles. The molecular weight excluding hydrogens is 354 g/mol. The summed E-state index contributed by atoms with van der Waals surface area (Å²) < 4.78 is 22.1. The maximum Gasteiger partial charge on any atom is 0.329 e. The van der Waals surface area contributed by atoms with Crippen molar-refractivity contribution >= 4 is 11.9 Å². The maximum atomic E-state index is 12.8. The van der Waals surface area contributed by atoms with Crippen molar-refractivity contribution in [1.29, 1.82) is 0 Å². The van der Waals surface area contributed by atoms with Crippen molar-refractivity contribution in [3.05, 3.63) is 17.7 Å². The normalized spacial score (nSPS) is 15.7. The molecule has 0 aromatic heterocycles. The van der Waals surface area contributed by atoms with Gasteiger partial charge >= 0.3 is 5.97 Å². The molecule has 0 unspecified atom stereocenters. The molecular formula is C19H27NO7. The molecule has 1 heterocycles. The molecule has 1 aromatic carbocycles. The summed E-state index contributed by atoms with van der Waals surface area (Å²) in [5.74, 6) is -0.389. The highest BCUT2D eigenvalue weighted by Gasteiger charge is 2.42. The number of amides is 1. The van der Waals surface area contributed by atoms with Gasteiger partial charge in [0.15, 0.2) is 11.5 Å². The summed E-state index contributed by atoms with van der Waals surface area (Å²) in [7, 11) is 0. The third-order valence-electron chi connectivity index (χ3n) is 4.28. The molecule has 1 aromatic rings. The third-order valence-corrected chi connectivity index (χ3v) is 4.28. The number of ether oxygens (including phenoxy) is 4. The minimum Gasteiger partial charge on any atom is -0.490 e. The van der Waals surface area contributed by atoms with E-state index in [0.717, 1.165) is 0 Å². The molecule has 1 amide bonds. The molecule has 1 saturated heterocycles. The summed E-state index contributed by atoms with van der Waals surface area (Å²) in [6, 6.07) is 3.09. The van der Waals surface area contributed by atoms with Gasteiger partial charge in [-0.3, -0.25) is 4.79 Å². The first-order valence-electron chi connectivity index (χ1n) is 9.17. The van der Waals surface area contributed by atoms with E-state index in [-0.39, 0.29) is 31.6 Å². The molecule has 0 saturated carbocycles. The minimum absolute atomic E-state index is 0.210. The number of carboxylic acids is 1. The van der Waals surface area contributed by atoms with Crippen LogP contribution < -0.4 is 19.5 Å². The van der Waals surface area contributed by atoms with Gasteiger partial charge in [-0.1, -0.05) is 0 Å². The average Bonchev–Trinajstić information content (AvgIpc) is 2.65. The zero-order chi connectivity index (χ0) is 19.9. The summed E-state index contributed by atoms with van der Waals surface area (Å²) in [4.78, 5) is 24.6. The number of rotatable bonds is 9. The van der Waals surface area contributed by atoms with Crippen molar-refractivity contribution in [3.63, 3.8) is 0 Å². The van der Waals surface area contributed by atoms with Crippen molar-refractivity contribution in [2.24, 2.45) is 0 Å². The van der Waals surface area contributed by atoms with Crippen molar-refractivity contribution in [2.45, 2.75) is 39.2 Å². The van der Waals surface area contributed by atoms with E-state index in [1.54, 1.807) is 12.1 Å². The van der Waals surface area contributed by atoms with E-state index >= 15 is 0 Å². The van der Waals surface area contributed by atoms with Crippen LogP contribution in [0.25, 0.3) is 0 Å². The predicted octanol–water partition coefficient (Wildman–Crippen LogP) is 2.25. The van der Waals surface area contributed by atoms with E-state index in [2.05, 4.69) is 5.32 Å². The fraction of sp³-hybridized carbons (Fsp3) is 0.579. The van der Waals surface area contributed by atoms with Gasteiger partial charge in [-0.15, -0.1) is 0 Å². The van der Waals surface area contributed by atoms with Crippen LogP contribution in [-0.2, 0) is 9.53 Å². The van der Waals surface area contributed by atoms with Crippen LogP contribution in [0.5, 0.6) is 17.2 Å². The third kappa shape index (κ3) is 4.82. The summed E-state index contributed by atoms with van der Waals surface area (Å²) in [5.41, 5.74) is -1.09. The van der Waals surface area contributed by atoms with Crippen molar-refractivity contribution in [2.75, 3.05) is 33.0 Å². The number of carbonyl (C=O) groups excluding carboxylic acids is 1. The summed E-state index contributed by atoms with van der Waals surface area (Å²) in [6.45, 7) is 7.23. The highest BCUT2D eigenvalue weighted by atomic mass is 16.5.